The summed E-state index contributed by atoms with van der Waals surface area (Å²) in [7, 11) is 0. The maximum absolute atomic E-state index is 11.7. The predicted octanol–water partition coefficient (Wildman–Crippen LogP) is -0.600. The molecular formula is C10H18N2O3. The number of carbonyl (C=O) groups is 2. The maximum Gasteiger partial charge on any atom is 0.233 e. The fraction of sp³-hybridized carbons (Fsp3) is 0.800. The average Bonchev–Trinajstić information content (AvgIpc) is 2.17. The van der Waals surface area contributed by atoms with Crippen LogP contribution in [0.5, 0.6) is 0 Å². The third-order valence-corrected chi connectivity index (χ3v) is 2.46. The Kier molecular flexibility index (Phi) is 3.68. The summed E-state index contributed by atoms with van der Waals surface area (Å²) < 4.78 is 0. The van der Waals surface area contributed by atoms with E-state index in [1.165, 1.54) is 0 Å². The molecule has 0 spiro atoms. The second-order valence-electron chi connectivity index (χ2n) is 4.52. The molecule has 0 aliphatic carbocycles. The van der Waals surface area contributed by atoms with Crippen molar-refractivity contribution in [2.24, 2.45) is 5.92 Å². The van der Waals surface area contributed by atoms with E-state index in [1.54, 1.807) is 13.8 Å². The van der Waals surface area contributed by atoms with E-state index in [9.17, 15) is 9.59 Å². The molecule has 1 unspecified atom stereocenters. The topological polar surface area (TPSA) is 78.4 Å². The van der Waals surface area contributed by atoms with E-state index in [2.05, 4.69) is 10.6 Å². The van der Waals surface area contributed by atoms with Gasteiger partial charge >= 0.3 is 0 Å². The molecule has 1 heterocycles. The molecule has 1 rings (SSSR count). The number of carbonyl (C=O) groups excluding carboxylic acids is 2. The van der Waals surface area contributed by atoms with Gasteiger partial charge in [-0.2, -0.15) is 0 Å². The number of hydrogen-bond donors (Lipinski definition) is 3. The van der Waals surface area contributed by atoms with Crippen molar-refractivity contribution in [1.29, 1.82) is 0 Å². The van der Waals surface area contributed by atoms with E-state index in [0.29, 0.717) is 13.0 Å². The number of hydrogen-bond acceptors (Lipinski definition) is 3. The first-order valence-electron chi connectivity index (χ1n) is 5.17. The lowest BCUT2D eigenvalue weighted by Gasteiger charge is -2.28. The van der Waals surface area contributed by atoms with Crippen LogP contribution in [-0.4, -0.2) is 35.6 Å². The van der Waals surface area contributed by atoms with Gasteiger partial charge < -0.3 is 15.7 Å². The normalized spacial score (nSPS) is 22.1. The molecule has 0 aromatic carbocycles. The Morgan fingerprint density at radius 1 is 1.67 bits per heavy atom. The van der Waals surface area contributed by atoms with Crippen molar-refractivity contribution in [3.63, 3.8) is 0 Å². The minimum Gasteiger partial charge on any atom is -0.394 e. The quantitative estimate of drug-likeness (QED) is 0.549. The lowest BCUT2D eigenvalue weighted by Crippen LogP contribution is -2.52. The third-order valence-electron chi connectivity index (χ3n) is 2.46. The Bertz CT molecular complexity index is 263. The first-order chi connectivity index (χ1) is 6.96. The zero-order valence-electron chi connectivity index (χ0n) is 9.17. The zero-order chi connectivity index (χ0) is 11.5. The molecule has 1 saturated heterocycles. The molecule has 0 radical (unpaired) electrons. The Balaban J connectivity index is 2.56. The van der Waals surface area contributed by atoms with Crippen LogP contribution in [0.4, 0.5) is 0 Å². The highest BCUT2D eigenvalue weighted by Crippen LogP contribution is 2.13. The highest BCUT2D eigenvalue weighted by Gasteiger charge is 2.31. The van der Waals surface area contributed by atoms with E-state index in [1.807, 2.05) is 0 Å². The van der Waals surface area contributed by atoms with Crippen LogP contribution in [0.25, 0.3) is 0 Å². The molecule has 86 valence electrons. The van der Waals surface area contributed by atoms with Crippen molar-refractivity contribution in [1.82, 2.24) is 10.6 Å². The van der Waals surface area contributed by atoms with Crippen LogP contribution in [0, 0.1) is 5.92 Å². The van der Waals surface area contributed by atoms with Gasteiger partial charge in [0.05, 0.1) is 12.1 Å². The Morgan fingerprint density at radius 3 is 2.87 bits per heavy atom. The Morgan fingerprint density at radius 2 is 2.33 bits per heavy atom. The van der Waals surface area contributed by atoms with Crippen LogP contribution < -0.4 is 10.6 Å². The Labute approximate surface area is 89.2 Å². The van der Waals surface area contributed by atoms with Crippen LogP contribution in [0.1, 0.15) is 26.7 Å². The smallest absolute Gasteiger partial charge is 0.233 e. The first-order valence-corrected chi connectivity index (χ1v) is 5.17. The van der Waals surface area contributed by atoms with Gasteiger partial charge in [0.1, 0.15) is 5.92 Å². The molecule has 5 nitrogen and oxygen atoms in total. The van der Waals surface area contributed by atoms with E-state index < -0.39 is 11.5 Å². The van der Waals surface area contributed by atoms with Gasteiger partial charge in [0.2, 0.25) is 11.8 Å². The molecule has 1 atom stereocenters. The van der Waals surface area contributed by atoms with Gasteiger partial charge in [0.15, 0.2) is 0 Å². The molecule has 1 fully saturated rings. The summed E-state index contributed by atoms with van der Waals surface area (Å²) in [5.41, 5.74) is -0.672. The predicted molar refractivity (Wildman–Crippen MR) is 55.0 cm³/mol. The van der Waals surface area contributed by atoms with E-state index in [-0.39, 0.29) is 18.4 Å². The third kappa shape index (κ3) is 3.20. The number of nitrogens with one attached hydrogen (secondary N) is 2. The SMILES string of the molecule is CC(C)(CO)NC(=O)C1CCCNC1=O. The van der Waals surface area contributed by atoms with E-state index >= 15 is 0 Å². The summed E-state index contributed by atoms with van der Waals surface area (Å²) in [6, 6.07) is 0. The van der Waals surface area contributed by atoms with Crippen LogP contribution in [0.2, 0.25) is 0 Å². The standard InChI is InChI=1S/C10H18N2O3/c1-10(2,6-13)12-9(15)7-4-3-5-11-8(7)14/h7,13H,3-6H2,1-2H3,(H,11,14)(H,12,15). The number of aliphatic hydroxyl groups excluding tert-OH is 1. The summed E-state index contributed by atoms with van der Waals surface area (Å²) in [5.74, 6) is -1.12. The fourth-order valence-corrected chi connectivity index (χ4v) is 1.48. The van der Waals surface area contributed by atoms with Crippen LogP contribution >= 0.6 is 0 Å². The second-order valence-corrected chi connectivity index (χ2v) is 4.52. The van der Waals surface area contributed by atoms with Crippen molar-refractivity contribution in [2.75, 3.05) is 13.2 Å². The molecule has 0 aromatic heterocycles. The van der Waals surface area contributed by atoms with Crippen molar-refractivity contribution in [3.8, 4) is 0 Å². The molecule has 15 heavy (non-hydrogen) atoms. The van der Waals surface area contributed by atoms with Crippen molar-refractivity contribution in [3.05, 3.63) is 0 Å². The first kappa shape index (κ1) is 12.0. The summed E-state index contributed by atoms with van der Waals surface area (Å²) in [4.78, 5) is 23.1. The minimum atomic E-state index is -0.672. The van der Waals surface area contributed by atoms with Gasteiger partial charge in [0, 0.05) is 6.54 Å². The Hall–Kier alpha value is -1.10. The second kappa shape index (κ2) is 4.61. The highest BCUT2D eigenvalue weighted by atomic mass is 16.3. The van der Waals surface area contributed by atoms with Gasteiger partial charge in [0.25, 0.3) is 0 Å². The van der Waals surface area contributed by atoms with E-state index in [0.717, 1.165) is 6.42 Å². The minimum absolute atomic E-state index is 0.146. The average molecular weight is 214 g/mol. The van der Waals surface area contributed by atoms with E-state index in [4.69, 9.17) is 5.11 Å². The van der Waals surface area contributed by atoms with Crippen molar-refractivity contribution in [2.45, 2.75) is 32.2 Å². The van der Waals surface area contributed by atoms with Gasteiger partial charge in [-0.15, -0.1) is 0 Å². The molecule has 0 saturated carbocycles. The largest absolute Gasteiger partial charge is 0.394 e. The molecule has 1 aliphatic heterocycles. The summed E-state index contributed by atoms with van der Waals surface area (Å²) in [5, 5.41) is 14.3. The molecule has 2 amide bonds. The molecule has 1 aliphatic rings. The lowest BCUT2D eigenvalue weighted by atomic mass is 9.96. The molecular weight excluding hydrogens is 196 g/mol. The van der Waals surface area contributed by atoms with Crippen LogP contribution in [-0.2, 0) is 9.59 Å². The number of amides is 2. The van der Waals surface area contributed by atoms with Crippen molar-refractivity contribution >= 4 is 11.8 Å². The van der Waals surface area contributed by atoms with Gasteiger partial charge in [-0.05, 0) is 26.7 Å². The number of rotatable bonds is 3. The fourth-order valence-electron chi connectivity index (χ4n) is 1.48. The van der Waals surface area contributed by atoms with Gasteiger partial charge in [-0.25, -0.2) is 0 Å². The molecule has 3 N–H and O–H groups in total. The van der Waals surface area contributed by atoms with Crippen molar-refractivity contribution < 1.29 is 14.7 Å². The molecule has 0 bridgehead atoms. The summed E-state index contributed by atoms with van der Waals surface area (Å²) in [6.45, 7) is 3.93. The highest BCUT2D eigenvalue weighted by molar-refractivity contribution is 6.00. The monoisotopic (exact) mass is 214 g/mol. The zero-order valence-corrected chi connectivity index (χ0v) is 9.17. The summed E-state index contributed by atoms with van der Waals surface area (Å²) >= 11 is 0. The number of piperidine rings is 1. The molecule has 5 heteroatoms. The summed E-state index contributed by atoms with van der Waals surface area (Å²) in [6.07, 6.45) is 1.41. The van der Waals surface area contributed by atoms with Gasteiger partial charge in [-0.1, -0.05) is 0 Å². The maximum atomic E-state index is 11.7. The number of aliphatic hydroxyl groups is 1. The van der Waals surface area contributed by atoms with Crippen LogP contribution in [0.15, 0.2) is 0 Å². The molecule has 0 aromatic rings. The lowest BCUT2D eigenvalue weighted by molar-refractivity contribution is -0.138. The van der Waals surface area contributed by atoms with Gasteiger partial charge in [-0.3, -0.25) is 9.59 Å². The van der Waals surface area contributed by atoms with Crippen LogP contribution in [0.3, 0.4) is 0 Å².